The Kier molecular flexibility index (Phi) is 4.95. The van der Waals surface area contributed by atoms with Crippen molar-refractivity contribution in [3.63, 3.8) is 0 Å². The van der Waals surface area contributed by atoms with E-state index in [1.54, 1.807) is 59.4 Å². The Balaban J connectivity index is 1.95. The molecule has 1 aromatic heterocycles. The van der Waals surface area contributed by atoms with Crippen molar-refractivity contribution in [1.29, 1.82) is 0 Å². The highest BCUT2D eigenvalue weighted by Crippen LogP contribution is 2.24. The van der Waals surface area contributed by atoms with Crippen LogP contribution in [-0.4, -0.2) is 21.5 Å². The van der Waals surface area contributed by atoms with Crippen molar-refractivity contribution < 1.29 is 9.59 Å². The zero-order valence-electron chi connectivity index (χ0n) is 13.6. The van der Waals surface area contributed by atoms with Gasteiger partial charge in [0.15, 0.2) is 5.78 Å². The first-order chi connectivity index (χ1) is 12.1. The molecular formula is C19H16ClN3O2. The first-order valence-corrected chi connectivity index (χ1v) is 8.20. The van der Waals surface area contributed by atoms with Crippen molar-refractivity contribution in [1.82, 2.24) is 9.78 Å². The zero-order valence-corrected chi connectivity index (χ0v) is 14.3. The molecule has 0 saturated carbocycles. The smallest absolute Gasteiger partial charge is 0.273 e. The van der Waals surface area contributed by atoms with Crippen LogP contribution in [0, 0.1) is 0 Å². The fourth-order valence-electron chi connectivity index (χ4n) is 2.52. The van der Waals surface area contributed by atoms with E-state index in [1.807, 2.05) is 13.0 Å². The van der Waals surface area contributed by atoms with E-state index < -0.39 is 0 Å². The molecule has 1 amide bonds. The van der Waals surface area contributed by atoms with Crippen LogP contribution < -0.4 is 5.32 Å². The molecule has 3 rings (SSSR count). The molecular weight excluding hydrogens is 338 g/mol. The maximum absolute atomic E-state index is 12.8. The first-order valence-electron chi connectivity index (χ1n) is 7.82. The van der Waals surface area contributed by atoms with Gasteiger partial charge < -0.3 is 5.32 Å². The first kappa shape index (κ1) is 16.9. The summed E-state index contributed by atoms with van der Waals surface area (Å²) in [6.45, 7) is 2.47. The predicted molar refractivity (Wildman–Crippen MR) is 97.2 cm³/mol. The van der Waals surface area contributed by atoms with Crippen molar-refractivity contribution in [3.8, 4) is 0 Å². The lowest BCUT2D eigenvalue weighted by Gasteiger charge is -2.12. The number of nitrogens with one attached hydrogen (secondary N) is 1. The number of anilines is 1. The number of halogens is 1. The summed E-state index contributed by atoms with van der Waals surface area (Å²) in [5.41, 5.74) is 1.70. The number of hydrogen-bond acceptors (Lipinski definition) is 3. The van der Waals surface area contributed by atoms with E-state index >= 15 is 0 Å². The highest BCUT2D eigenvalue weighted by Gasteiger charge is 2.18. The molecule has 0 unspecified atom stereocenters. The second-order valence-corrected chi connectivity index (χ2v) is 5.81. The van der Waals surface area contributed by atoms with E-state index in [0.29, 0.717) is 34.1 Å². The molecule has 0 bridgehead atoms. The number of rotatable bonds is 5. The van der Waals surface area contributed by atoms with Gasteiger partial charge in [0.1, 0.15) is 5.69 Å². The lowest BCUT2D eigenvalue weighted by atomic mass is 10.0. The quantitative estimate of drug-likeness (QED) is 0.704. The van der Waals surface area contributed by atoms with Crippen LogP contribution in [-0.2, 0) is 6.54 Å². The van der Waals surface area contributed by atoms with Crippen molar-refractivity contribution in [2.75, 3.05) is 5.32 Å². The number of carbonyl (C=O) groups excluding carboxylic acids is 2. The van der Waals surface area contributed by atoms with Gasteiger partial charge in [-0.1, -0.05) is 41.9 Å². The largest absolute Gasteiger partial charge is 0.320 e. The van der Waals surface area contributed by atoms with Gasteiger partial charge in [-0.25, -0.2) is 0 Å². The van der Waals surface area contributed by atoms with Crippen LogP contribution in [0.4, 0.5) is 5.69 Å². The Hall–Kier alpha value is -2.92. The summed E-state index contributed by atoms with van der Waals surface area (Å²) in [6, 6.07) is 15.3. The van der Waals surface area contributed by atoms with Gasteiger partial charge in [0.2, 0.25) is 0 Å². The van der Waals surface area contributed by atoms with Crippen LogP contribution in [0.25, 0.3) is 0 Å². The van der Waals surface area contributed by atoms with Gasteiger partial charge in [-0.2, -0.15) is 5.10 Å². The second-order valence-electron chi connectivity index (χ2n) is 5.37. The minimum absolute atomic E-state index is 0.206. The summed E-state index contributed by atoms with van der Waals surface area (Å²) < 4.78 is 1.59. The van der Waals surface area contributed by atoms with E-state index in [0.717, 1.165) is 0 Å². The van der Waals surface area contributed by atoms with Crippen LogP contribution in [0.15, 0.2) is 60.8 Å². The molecule has 1 N–H and O–H groups in total. The fraction of sp³-hybridized carbons (Fsp3) is 0.105. The van der Waals surface area contributed by atoms with Crippen LogP contribution in [0.1, 0.15) is 33.3 Å². The minimum Gasteiger partial charge on any atom is -0.320 e. The Morgan fingerprint density at radius 1 is 1.12 bits per heavy atom. The van der Waals surface area contributed by atoms with E-state index in [-0.39, 0.29) is 11.7 Å². The highest BCUT2D eigenvalue weighted by molar-refractivity contribution is 6.31. The molecule has 6 heteroatoms. The monoisotopic (exact) mass is 353 g/mol. The van der Waals surface area contributed by atoms with E-state index in [2.05, 4.69) is 10.4 Å². The van der Waals surface area contributed by atoms with Gasteiger partial charge in [-0.15, -0.1) is 0 Å². The zero-order chi connectivity index (χ0) is 17.8. The molecule has 0 spiro atoms. The molecule has 126 valence electrons. The van der Waals surface area contributed by atoms with Crippen molar-refractivity contribution in [2.24, 2.45) is 0 Å². The number of nitrogens with zero attached hydrogens (tertiary/aromatic N) is 2. The Labute approximate surface area is 150 Å². The number of hydrogen-bond donors (Lipinski definition) is 1. The lowest BCUT2D eigenvalue weighted by molar-refractivity contribution is 0.101. The average Bonchev–Trinajstić information content (AvgIpc) is 3.12. The molecule has 0 fully saturated rings. The maximum atomic E-state index is 12.8. The molecule has 25 heavy (non-hydrogen) atoms. The summed E-state index contributed by atoms with van der Waals surface area (Å²) in [5.74, 6) is -0.536. The predicted octanol–water partition coefficient (Wildman–Crippen LogP) is 4.04. The number of aromatic nitrogens is 2. The Morgan fingerprint density at radius 3 is 2.60 bits per heavy atom. The fourth-order valence-corrected chi connectivity index (χ4v) is 2.69. The van der Waals surface area contributed by atoms with Gasteiger partial charge in [-0.3, -0.25) is 14.3 Å². The van der Waals surface area contributed by atoms with E-state index in [9.17, 15) is 9.59 Å². The number of amides is 1. The third kappa shape index (κ3) is 3.61. The molecule has 0 atom stereocenters. The molecule has 0 aliphatic rings. The molecule has 3 aromatic rings. The summed E-state index contributed by atoms with van der Waals surface area (Å²) >= 11 is 6.05. The van der Waals surface area contributed by atoms with Crippen molar-refractivity contribution >= 4 is 29.0 Å². The van der Waals surface area contributed by atoms with Crippen molar-refractivity contribution in [2.45, 2.75) is 13.5 Å². The third-order valence-electron chi connectivity index (χ3n) is 3.76. The van der Waals surface area contributed by atoms with Crippen molar-refractivity contribution in [3.05, 3.63) is 82.6 Å². The van der Waals surface area contributed by atoms with Crippen LogP contribution in [0.3, 0.4) is 0 Å². The topological polar surface area (TPSA) is 64.0 Å². The minimum atomic E-state index is -0.330. The van der Waals surface area contributed by atoms with Crippen LogP contribution >= 0.6 is 11.6 Å². The number of benzene rings is 2. The van der Waals surface area contributed by atoms with Gasteiger partial charge >= 0.3 is 0 Å². The van der Waals surface area contributed by atoms with Crippen LogP contribution in [0.2, 0.25) is 5.02 Å². The van der Waals surface area contributed by atoms with Gasteiger partial charge in [0, 0.05) is 28.9 Å². The summed E-state index contributed by atoms with van der Waals surface area (Å²) in [6.07, 6.45) is 1.57. The van der Waals surface area contributed by atoms with Gasteiger partial charge in [0.25, 0.3) is 5.91 Å². The SMILES string of the molecule is CCn1nccc1C(=O)Nc1ccc(Cl)cc1C(=O)c1ccccc1. The molecule has 1 heterocycles. The lowest BCUT2D eigenvalue weighted by Crippen LogP contribution is -2.19. The molecule has 0 radical (unpaired) electrons. The summed E-state index contributed by atoms with van der Waals surface area (Å²) in [4.78, 5) is 25.3. The van der Waals surface area contributed by atoms with Gasteiger partial charge in [-0.05, 0) is 31.2 Å². The van der Waals surface area contributed by atoms with Gasteiger partial charge in [0.05, 0.1) is 5.69 Å². The molecule has 0 saturated heterocycles. The highest BCUT2D eigenvalue weighted by atomic mass is 35.5. The molecule has 0 aliphatic carbocycles. The molecule has 2 aromatic carbocycles. The van der Waals surface area contributed by atoms with Crippen LogP contribution in [0.5, 0.6) is 0 Å². The number of aryl methyl sites for hydroxylation is 1. The van der Waals surface area contributed by atoms with E-state index in [1.165, 1.54) is 0 Å². The Bertz CT molecular complexity index is 919. The summed E-state index contributed by atoms with van der Waals surface area (Å²) in [7, 11) is 0. The number of carbonyl (C=O) groups is 2. The normalized spacial score (nSPS) is 10.5. The maximum Gasteiger partial charge on any atom is 0.273 e. The molecule has 0 aliphatic heterocycles. The van der Waals surface area contributed by atoms with E-state index in [4.69, 9.17) is 11.6 Å². The average molecular weight is 354 g/mol. The Morgan fingerprint density at radius 2 is 1.88 bits per heavy atom. The number of ketones is 1. The summed E-state index contributed by atoms with van der Waals surface area (Å²) in [5, 5.41) is 7.30. The third-order valence-corrected chi connectivity index (χ3v) is 3.99. The second kappa shape index (κ2) is 7.32. The molecule has 5 nitrogen and oxygen atoms in total. The standard InChI is InChI=1S/C19H16ClN3O2/c1-2-23-17(10-11-21-23)19(25)22-16-9-8-14(20)12-15(16)18(24)13-6-4-3-5-7-13/h3-12H,2H2,1H3,(H,22,25).